The van der Waals surface area contributed by atoms with E-state index < -0.39 is 17.8 Å². The molecule has 29 heavy (non-hydrogen) atoms. The molecule has 1 aliphatic heterocycles. The average Bonchev–Trinajstić information content (AvgIpc) is 2.74. The van der Waals surface area contributed by atoms with E-state index >= 15 is 0 Å². The highest BCUT2D eigenvalue weighted by atomic mass is 19.4. The van der Waals surface area contributed by atoms with E-state index in [0.717, 1.165) is 23.3 Å². The number of rotatable bonds is 5. The van der Waals surface area contributed by atoms with Crippen LogP contribution in [0.1, 0.15) is 24.0 Å². The van der Waals surface area contributed by atoms with Gasteiger partial charge in [-0.2, -0.15) is 18.4 Å². The normalized spacial score (nSPS) is 16.1. The second-order valence-corrected chi connectivity index (χ2v) is 7.05. The molecule has 0 saturated carbocycles. The largest absolute Gasteiger partial charge is 0.416 e. The van der Waals surface area contributed by atoms with E-state index in [2.05, 4.69) is 11.4 Å². The van der Waals surface area contributed by atoms with Crippen molar-refractivity contribution < 1.29 is 22.7 Å². The van der Waals surface area contributed by atoms with Crippen molar-refractivity contribution in [1.82, 2.24) is 5.32 Å². The van der Waals surface area contributed by atoms with Crippen LogP contribution in [0.2, 0.25) is 0 Å². The Balaban J connectivity index is 1.61. The van der Waals surface area contributed by atoms with Crippen LogP contribution < -0.4 is 5.32 Å². The lowest BCUT2D eigenvalue weighted by atomic mass is 9.97. The van der Waals surface area contributed by atoms with Gasteiger partial charge in [0.2, 0.25) is 5.91 Å². The van der Waals surface area contributed by atoms with Gasteiger partial charge in [-0.05, 0) is 41.7 Å². The molecule has 4 nitrogen and oxygen atoms in total. The number of nitrogens with one attached hydrogen (secondary N) is 1. The first-order chi connectivity index (χ1) is 13.9. The topological polar surface area (TPSA) is 62.1 Å². The van der Waals surface area contributed by atoms with Crippen LogP contribution in [0, 0.1) is 17.2 Å². The fourth-order valence-corrected chi connectivity index (χ4v) is 3.30. The molecule has 7 heteroatoms. The average molecular weight is 402 g/mol. The minimum absolute atomic E-state index is 0.123. The lowest BCUT2D eigenvalue weighted by molar-refractivity contribution is -0.137. The Morgan fingerprint density at radius 1 is 1.07 bits per heavy atom. The number of benzene rings is 2. The van der Waals surface area contributed by atoms with Crippen LogP contribution in [-0.4, -0.2) is 25.2 Å². The molecule has 1 atom stereocenters. The molecule has 1 heterocycles. The summed E-state index contributed by atoms with van der Waals surface area (Å²) in [5, 5.41) is 12.2. The maximum absolute atomic E-state index is 12.7. The quantitative estimate of drug-likeness (QED) is 0.809. The Morgan fingerprint density at radius 3 is 2.14 bits per heavy atom. The molecule has 0 aromatic heterocycles. The number of nitriles is 1. The van der Waals surface area contributed by atoms with Gasteiger partial charge in [0.05, 0.1) is 11.6 Å². The molecule has 1 N–H and O–H groups in total. The zero-order valence-electron chi connectivity index (χ0n) is 15.7. The standard InChI is InChI=1S/C22H21F3N2O2/c23-22(24,25)19-7-5-17(6-8-19)16-3-1-15(2-4-16)13-20(14-26)27-21(28)18-9-11-29-12-10-18/h1-8,18,20H,9-13H2,(H,27,28). The molecule has 2 aromatic rings. The molecule has 152 valence electrons. The van der Waals surface area contributed by atoms with Crippen LogP contribution in [0.5, 0.6) is 0 Å². The molecule has 0 radical (unpaired) electrons. The molecule has 1 fully saturated rings. The fraction of sp³-hybridized carbons (Fsp3) is 0.364. The van der Waals surface area contributed by atoms with E-state index in [1.165, 1.54) is 12.1 Å². The Kier molecular flexibility index (Phi) is 6.55. The molecule has 1 saturated heterocycles. The first kappa shape index (κ1) is 20.9. The lowest BCUT2D eigenvalue weighted by Crippen LogP contribution is -2.41. The Hall–Kier alpha value is -2.85. The second kappa shape index (κ2) is 9.10. The van der Waals surface area contributed by atoms with Gasteiger partial charge < -0.3 is 10.1 Å². The summed E-state index contributed by atoms with van der Waals surface area (Å²) in [6.07, 6.45) is -2.68. The van der Waals surface area contributed by atoms with Gasteiger partial charge in [-0.15, -0.1) is 0 Å². The molecule has 1 amide bonds. The van der Waals surface area contributed by atoms with Crippen LogP contribution in [0.3, 0.4) is 0 Å². The van der Waals surface area contributed by atoms with Crippen LogP contribution >= 0.6 is 0 Å². The molecule has 0 bridgehead atoms. The van der Waals surface area contributed by atoms with Crippen molar-refractivity contribution in [3.8, 4) is 17.2 Å². The van der Waals surface area contributed by atoms with Crippen LogP contribution in [0.4, 0.5) is 13.2 Å². The molecule has 0 aliphatic carbocycles. The van der Waals surface area contributed by atoms with Gasteiger partial charge in [-0.3, -0.25) is 4.79 Å². The summed E-state index contributed by atoms with van der Waals surface area (Å²) in [7, 11) is 0. The van der Waals surface area contributed by atoms with Crippen molar-refractivity contribution in [2.24, 2.45) is 5.92 Å². The number of carbonyl (C=O) groups excluding carboxylic acids is 1. The monoisotopic (exact) mass is 402 g/mol. The maximum Gasteiger partial charge on any atom is 0.416 e. The van der Waals surface area contributed by atoms with E-state index in [4.69, 9.17) is 4.74 Å². The zero-order chi connectivity index (χ0) is 20.9. The van der Waals surface area contributed by atoms with Gasteiger partial charge in [0.15, 0.2) is 0 Å². The summed E-state index contributed by atoms with van der Waals surface area (Å²) in [5.74, 6) is -0.247. The zero-order valence-corrected chi connectivity index (χ0v) is 15.7. The molecule has 1 aliphatic rings. The third-order valence-electron chi connectivity index (χ3n) is 5.00. The minimum Gasteiger partial charge on any atom is -0.381 e. The predicted molar refractivity (Wildman–Crippen MR) is 102 cm³/mol. The van der Waals surface area contributed by atoms with Crippen molar-refractivity contribution in [2.75, 3.05) is 13.2 Å². The number of hydrogen-bond donors (Lipinski definition) is 1. The highest BCUT2D eigenvalue weighted by Gasteiger charge is 2.30. The smallest absolute Gasteiger partial charge is 0.381 e. The minimum atomic E-state index is -4.36. The Labute approximate surface area is 167 Å². The van der Waals surface area contributed by atoms with Crippen molar-refractivity contribution in [1.29, 1.82) is 5.26 Å². The Morgan fingerprint density at radius 2 is 1.62 bits per heavy atom. The lowest BCUT2D eigenvalue weighted by Gasteiger charge is -2.22. The highest BCUT2D eigenvalue weighted by molar-refractivity contribution is 5.79. The van der Waals surface area contributed by atoms with Crippen molar-refractivity contribution in [3.63, 3.8) is 0 Å². The van der Waals surface area contributed by atoms with E-state index in [1.807, 2.05) is 12.1 Å². The summed E-state index contributed by atoms with van der Waals surface area (Å²) in [4.78, 5) is 12.3. The van der Waals surface area contributed by atoms with Crippen molar-refractivity contribution in [3.05, 3.63) is 59.7 Å². The number of carbonyl (C=O) groups is 1. The molecular formula is C22H21F3N2O2. The number of nitrogens with zero attached hydrogens (tertiary/aromatic N) is 1. The van der Waals surface area contributed by atoms with Crippen LogP contribution in [0.25, 0.3) is 11.1 Å². The van der Waals surface area contributed by atoms with Crippen LogP contribution in [0.15, 0.2) is 48.5 Å². The summed E-state index contributed by atoms with van der Waals surface area (Å²) < 4.78 is 43.3. The number of amides is 1. The summed E-state index contributed by atoms with van der Waals surface area (Å²) in [6, 6.07) is 13.7. The van der Waals surface area contributed by atoms with E-state index in [9.17, 15) is 23.2 Å². The number of hydrogen-bond acceptors (Lipinski definition) is 3. The first-order valence-electron chi connectivity index (χ1n) is 9.41. The van der Waals surface area contributed by atoms with Gasteiger partial charge >= 0.3 is 6.18 Å². The van der Waals surface area contributed by atoms with E-state index in [1.54, 1.807) is 12.1 Å². The molecule has 2 aromatic carbocycles. The van der Waals surface area contributed by atoms with Gasteiger partial charge in [0.1, 0.15) is 6.04 Å². The number of halogens is 3. The van der Waals surface area contributed by atoms with E-state index in [0.29, 0.717) is 38.0 Å². The van der Waals surface area contributed by atoms with E-state index in [-0.39, 0.29) is 11.8 Å². The molecule has 0 spiro atoms. The molecule has 1 unspecified atom stereocenters. The number of ether oxygens (including phenoxy) is 1. The van der Waals surface area contributed by atoms with Crippen LogP contribution in [-0.2, 0) is 22.1 Å². The van der Waals surface area contributed by atoms with Gasteiger partial charge in [-0.1, -0.05) is 36.4 Å². The van der Waals surface area contributed by atoms with Gasteiger partial charge in [-0.25, -0.2) is 0 Å². The molecular weight excluding hydrogens is 381 g/mol. The third kappa shape index (κ3) is 5.58. The Bertz CT molecular complexity index is 865. The maximum atomic E-state index is 12.7. The van der Waals surface area contributed by atoms with Gasteiger partial charge in [0.25, 0.3) is 0 Å². The second-order valence-electron chi connectivity index (χ2n) is 7.05. The van der Waals surface area contributed by atoms with Crippen molar-refractivity contribution >= 4 is 5.91 Å². The summed E-state index contributed by atoms with van der Waals surface area (Å²) in [6.45, 7) is 1.11. The van der Waals surface area contributed by atoms with Gasteiger partial charge in [0, 0.05) is 25.6 Å². The highest BCUT2D eigenvalue weighted by Crippen LogP contribution is 2.31. The summed E-state index contributed by atoms with van der Waals surface area (Å²) in [5.41, 5.74) is 1.63. The SMILES string of the molecule is N#CC(Cc1ccc(-c2ccc(C(F)(F)F)cc2)cc1)NC(=O)C1CCOCC1. The predicted octanol–water partition coefficient (Wildman–Crippen LogP) is 4.35. The van der Waals surface area contributed by atoms with Crippen molar-refractivity contribution in [2.45, 2.75) is 31.5 Å². The first-order valence-corrected chi connectivity index (χ1v) is 9.41. The molecule has 3 rings (SSSR count). The fourth-order valence-electron chi connectivity index (χ4n) is 3.30. The third-order valence-corrected chi connectivity index (χ3v) is 5.00. The number of alkyl halides is 3. The summed E-state index contributed by atoms with van der Waals surface area (Å²) >= 11 is 0.